The van der Waals surface area contributed by atoms with Crippen LogP contribution in [0.4, 0.5) is 9.18 Å². The Balaban J connectivity index is 1.73. The average Bonchev–Trinajstić information content (AvgIpc) is 2.49. The number of primary amides is 1. The second-order valence-corrected chi connectivity index (χ2v) is 6.01. The van der Waals surface area contributed by atoms with Crippen molar-refractivity contribution in [3.8, 4) is 0 Å². The van der Waals surface area contributed by atoms with Crippen molar-refractivity contribution in [1.29, 1.82) is 0 Å². The van der Waals surface area contributed by atoms with Gasteiger partial charge < -0.3 is 15.8 Å². The standard InChI is InChI=1S/C14H23FN4O4/c15-14(3-7-23-8-4-14)12(21)17-10-1-5-19(6-2-10)9-11(20)18-13(16)22/h10H,1-9H2,(H,17,21)(H3,16,18,20,22). The highest BCUT2D eigenvalue weighted by Crippen LogP contribution is 2.26. The number of carbonyl (C=O) groups excluding carboxylic acids is 3. The van der Waals surface area contributed by atoms with E-state index in [2.05, 4.69) is 5.32 Å². The molecule has 0 saturated carbocycles. The molecule has 4 N–H and O–H groups in total. The van der Waals surface area contributed by atoms with Crippen LogP contribution in [0.2, 0.25) is 0 Å². The third-order valence-corrected chi connectivity index (χ3v) is 4.24. The minimum atomic E-state index is -1.84. The van der Waals surface area contributed by atoms with Crippen molar-refractivity contribution < 1.29 is 23.5 Å². The zero-order valence-electron chi connectivity index (χ0n) is 13.0. The van der Waals surface area contributed by atoms with Crippen LogP contribution in [0.1, 0.15) is 25.7 Å². The summed E-state index contributed by atoms with van der Waals surface area (Å²) in [4.78, 5) is 36.0. The fraction of sp³-hybridized carbons (Fsp3) is 0.786. The molecule has 0 unspecified atom stereocenters. The Morgan fingerprint density at radius 3 is 2.39 bits per heavy atom. The summed E-state index contributed by atoms with van der Waals surface area (Å²) in [6, 6.07) is -0.977. The van der Waals surface area contributed by atoms with Gasteiger partial charge in [0.05, 0.1) is 19.8 Å². The molecule has 4 amide bonds. The zero-order chi connectivity index (χ0) is 16.9. The number of nitrogens with one attached hydrogen (secondary N) is 2. The maximum absolute atomic E-state index is 14.5. The number of alkyl halides is 1. The molecule has 0 aromatic heterocycles. The number of halogens is 1. The monoisotopic (exact) mass is 330 g/mol. The van der Waals surface area contributed by atoms with Crippen LogP contribution in [0.3, 0.4) is 0 Å². The van der Waals surface area contributed by atoms with Gasteiger partial charge in [0, 0.05) is 32.0 Å². The Morgan fingerprint density at radius 1 is 1.22 bits per heavy atom. The number of likely N-dealkylation sites (tertiary alicyclic amines) is 1. The minimum absolute atomic E-state index is 0.0774. The molecule has 0 atom stereocenters. The molecule has 0 spiro atoms. The molecule has 0 aromatic carbocycles. The number of carbonyl (C=O) groups is 3. The molecule has 9 heteroatoms. The lowest BCUT2D eigenvalue weighted by molar-refractivity contribution is -0.140. The van der Waals surface area contributed by atoms with Crippen LogP contribution in [0.5, 0.6) is 0 Å². The van der Waals surface area contributed by atoms with Gasteiger partial charge in [-0.2, -0.15) is 0 Å². The molecule has 8 nitrogen and oxygen atoms in total. The van der Waals surface area contributed by atoms with Gasteiger partial charge in [-0.3, -0.25) is 19.8 Å². The maximum atomic E-state index is 14.5. The fourth-order valence-electron chi connectivity index (χ4n) is 2.85. The van der Waals surface area contributed by atoms with Gasteiger partial charge in [-0.1, -0.05) is 0 Å². The number of nitrogens with zero attached hydrogens (tertiary/aromatic N) is 1. The van der Waals surface area contributed by atoms with Gasteiger partial charge in [0.15, 0.2) is 5.67 Å². The Hall–Kier alpha value is -1.74. The van der Waals surface area contributed by atoms with Crippen molar-refractivity contribution in [3.63, 3.8) is 0 Å². The number of rotatable bonds is 4. The van der Waals surface area contributed by atoms with Crippen LogP contribution in [0.25, 0.3) is 0 Å². The molecule has 2 fully saturated rings. The molecule has 0 bridgehead atoms. The topological polar surface area (TPSA) is 114 Å². The maximum Gasteiger partial charge on any atom is 0.318 e. The Morgan fingerprint density at radius 2 is 1.83 bits per heavy atom. The lowest BCUT2D eigenvalue weighted by atomic mass is 9.94. The van der Waals surface area contributed by atoms with E-state index in [4.69, 9.17) is 10.5 Å². The lowest BCUT2D eigenvalue weighted by Crippen LogP contribution is -2.53. The summed E-state index contributed by atoms with van der Waals surface area (Å²) in [6.07, 6.45) is 1.43. The van der Waals surface area contributed by atoms with Crippen molar-refractivity contribution in [2.45, 2.75) is 37.4 Å². The quantitative estimate of drug-likeness (QED) is 0.629. The van der Waals surface area contributed by atoms with E-state index in [-0.39, 0.29) is 38.6 Å². The van der Waals surface area contributed by atoms with Gasteiger partial charge in [0.1, 0.15) is 0 Å². The number of ether oxygens (including phenoxy) is 1. The summed E-state index contributed by atoms with van der Waals surface area (Å²) in [7, 11) is 0. The summed E-state index contributed by atoms with van der Waals surface area (Å²) in [5.41, 5.74) is 3.04. The van der Waals surface area contributed by atoms with E-state index in [1.165, 1.54) is 0 Å². The third kappa shape index (κ3) is 5.14. The number of hydrogen-bond donors (Lipinski definition) is 3. The number of urea groups is 1. The fourth-order valence-corrected chi connectivity index (χ4v) is 2.85. The van der Waals surface area contributed by atoms with E-state index in [0.29, 0.717) is 25.9 Å². The summed E-state index contributed by atoms with van der Waals surface area (Å²) in [5, 5.41) is 4.77. The first kappa shape index (κ1) is 17.6. The Labute approximate surface area is 133 Å². The first-order chi connectivity index (χ1) is 10.9. The van der Waals surface area contributed by atoms with Crippen molar-refractivity contribution in [2.75, 3.05) is 32.8 Å². The minimum Gasteiger partial charge on any atom is -0.381 e. The molecule has 2 aliphatic heterocycles. The van der Waals surface area contributed by atoms with E-state index >= 15 is 0 Å². The summed E-state index contributed by atoms with van der Waals surface area (Å²) in [5.74, 6) is -1.02. The normalized spacial score (nSPS) is 22.3. The average molecular weight is 330 g/mol. The van der Waals surface area contributed by atoms with Crippen molar-refractivity contribution in [1.82, 2.24) is 15.5 Å². The van der Waals surface area contributed by atoms with E-state index in [1.54, 1.807) is 0 Å². The van der Waals surface area contributed by atoms with E-state index in [0.717, 1.165) is 0 Å². The lowest BCUT2D eigenvalue weighted by Gasteiger charge is -2.34. The number of nitrogens with two attached hydrogens (primary N) is 1. The highest BCUT2D eigenvalue weighted by atomic mass is 19.1. The molecule has 2 aliphatic rings. The number of hydrogen-bond acceptors (Lipinski definition) is 5. The molecule has 2 heterocycles. The van der Waals surface area contributed by atoms with Gasteiger partial charge in [0.25, 0.3) is 5.91 Å². The van der Waals surface area contributed by atoms with Crippen molar-refractivity contribution >= 4 is 17.8 Å². The highest BCUT2D eigenvalue weighted by molar-refractivity contribution is 5.94. The van der Waals surface area contributed by atoms with Gasteiger partial charge in [-0.15, -0.1) is 0 Å². The molecular formula is C14H23FN4O4. The zero-order valence-corrected chi connectivity index (χ0v) is 13.0. The van der Waals surface area contributed by atoms with E-state index in [1.807, 2.05) is 10.2 Å². The van der Waals surface area contributed by atoms with E-state index in [9.17, 15) is 18.8 Å². The summed E-state index contributed by atoms with van der Waals surface area (Å²) < 4.78 is 19.6. The largest absolute Gasteiger partial charge is 0.381 e. The number of imide groups is 1. The van der Waals surface area contributed by atoms with Crippen LogP contribution in [0, 0.1) is 0 Å². The summed E-state index contributed by atoms with van der Waals surface area (Å²) >= 11 is 0. The molecule has 0 radical (unpaired) electrons. The van der Waals surface area contributed by atoms with Crippen LogP contribution in [0.15, 0.2) is 0 Å². The number of piperidine rings is 1. The van der Waals surface area contributed by atoms with Gasteiger partial charge in [-0.05, 0) is 12.8 Å². The van der Waals surface area contributed by atoms with Gasteiger partial charge >= 0.3 is 6.03 Å². The molecular weight excluding hydrogens is 307 g/mol. The number of amides is 4. The molecule has 2 rings (SSSR count). The second-order valence-electron chi connectivity index (χ2n) is 6.01. The van der Waals surface area contributed by atoms with Crippen molar-refractivity contribution in [3.05, 3.63) is 0 Å². The van der Waals surface area contributed by atoms with Crippen molar-refractivity contribution in [2.24, 2.45) is 5.73 Å². The second kappa shape index (κ2) is 7.69. The predicted octanol–water partition coefficient (Wildman–Crippen LogP) is -0.719. The van der Waals surface area contributed by atoms with Crippen LogP contribution in [-0.2, 0) is 14.3 Å². The van der Waals surface area contributed by atoms with Crippen LogP contribution in [-0.4, -0.2) is 67.3 Å². The summed E-state index contributed by atoms with van der Waals surface area (Å²) in [6.45, 7) is 1.77. The Kier molecular flexibility index (Phi) is 5.89. The first-order valence-electron chi connectivity index (χ1n) is 7.78. The Bertz CT molecular complexity index is 460. The van der Waals surface area contributed by atoms with Gasteiger partial charge in [0.2, 0.25) is 5.91 Å². The molecule has 2 saturated heterocycles. The molecule has 130 valence electrons. The molecule has 0 aromatic rings. The first-order valence-corrected chi connectivity index (χ1v) is 7.78. The van der Waals surface area contributed by atoms with Crippen LogP contribution < -0.4 is 16.4 Å². The highest BCUT2D eigenvalue weighted by Gasteiger charge is 2.41. The molecule has 0 aliphatic carbocycles. The third-order valence-electron chi connectivity index (χ3n) is 4.24. The molecule has 23 heavy (non-hydrogen) atoms. The van der Waals surface area contributed by atoms with Gasteiger partial charge in [-0.25, -0.2) is 9.18 Å². The predicted molar refractivity (Wildman–Crippen MR) is 79.2 cm³/mol. The van der Waals surface area contributed by atoms with Crippen LogP contribution >= 0.6 is 0 Å². The SMILES string of the molecule is NC(=O)NC(=O)CN1CCC(NC(=O)C2(F)CCOCC2)CC1. The smallest absolute Gasteiger partial charge is 0.318 e. The van der Waals surface area contributed by atoms with E-state index < -0.39 is 23.5 Å².